The molecule has 1 heterocycles. The summed E-state index contributed by atoms with van der Waals surface area (Å²) in [5.74, 6) is 0.151. The molecule has 0 N–H and O–H groups in total. The Morgan fingerprint density at radius 2 is 2.40 bits per heavy atom. The maximum absolute atomic E-state index is 8.86. The summed E-state index contributed by atoms with van der Waals surface area (Å²) in [4.78, 5) is 3.53. The van der Waals surface area contributed by atoms with Crippen molar-refractivity contribution in [2.45, 2.75) is 19.9 Å². The molecule has 0 aliphatic carbocycles. The van der Waals surface area contributed by atoms with Gasteiger partial charge in [0.2, 0.25) is 0 Å². The van der Waals surface area contributed by atoms with Crippen molar-refractivity contribution in [1.29, 1.82) is 5.26 Å². The molecule has 1 atom stereocenters. The molecule has 0 bridgehead atoms. The zero-order chi connectivity index (χ0) is 11.3. The van der Waals surface area contributed by atoms with E-state index in [2.05, 4.69) is 52.3 Å². The van der Waals surface area contributed by atoms with Crippen molar-refractivity contribution in [3.05, 3.63) is 20.8 Å². The standard InChI is InChI=1S/C11H15BrN2S/c1-3-9(5-13)6-14(2)7-11-4-10(12)8-15-11/h4,8-9H,3,6-7H2,1-2H3. The summed E-state index contributed by atoms with van der Waals surface area (Å²) < 4.78 is 1.14. The van der Waals surface area contributed by atoms with Gasteiger partial charge >= 0.3 is 0 Å². The first-order valence-corrected chi connectivity index (χ1v) is 6.64. The molecule has 0 fully saturated rings. The molecule has 0 radical (unpaired) electrons. The van der Waals surface area contributed by atoms with E-state index in [9.17, 15) is 0 Å². The molecule has 0 aliphatic rings. The second kappa shape index (κ2) is 6.26. The van der Waals surface area contributed by atoms with Gasteiger partial charge in [0, 0.05) is 27.8 Å². The van der Waals surface area contributed by atoms with Crippen molar-refractivity contribution in [3.63, 3.8) is 0 Å². The Bertz CT molecular complexity index is 343. The lowest BCUT2D eigenvalue weighted by Gasteiger charge is -2.17. The van der Waals surface area contributed by atoms with E-state index in [0.29, 0.717) is 0 Å². The Kier molecular flexibility index (Phi) is 5.30. The van der Waals surface area contributed by atoms with E-state index >= 15 is 0 Å². The summed E-state index contributed by atoms with van der Waals surface area (Å²) in [6, 6.07) is 4.46. The number of rotatable bonds is 5. The van der Waals surface area contributed by atoms with Gasteiger partial charge in [-0.1, -0.05) is 6.92 Å². The third kappa shape index (κ3) is 4.33. The Hall–Kier alpha value is -0.370. The second-order valence-electron chi connectivity index (χ2n) is 3.66. The van der Waals surface area contributed by atoms with Crippen LogP contribution in [0.5, 0.6) is 0 Å². The number of hydrogen-bond acceptors (Lipinski definition) is 3. The normalized spacial score (nSPS) is 12.7. The third-order valence-corrected chi connectivity index (χ3v) is 3.94. The van der Waals surface area contributed by atoms with Gasteiger partial charge in [-0.15, -0.1) is 11.3 Å². The van der Waals surface area contributed by atoms with Crippen molar-refractivity contribution in [2.24, 2.45) is 5.92 Å². The molecule has 1 unspecified atom stereocenters. The van der Waals surface area contributed by atoms with Gasteiger partial charge in [0.05, 0.1) is 12.0 Å². The molecule has 0 aliphatic heterocycles. The quantitative estimate of drug-likeness (QED) is 0.829. The number of nitriles is 1. The van der Waals surface area contributed by atoms with Gasteiger partial charge < -0.3 is 0 Å². The molecule has 0 saturated heterocycles. The summed E-state index contributed by atoms with van der Waals surface area (Å²) in [5, 5.41) is 11.0. The van der Waals surface area contributed by atoms with Gasteiger partial charge in [-0.3, -0.25) is 4.90 Å². The highest BCUT2D eigenvalue weighted by Crippen LogP contribution is 2.21. The highest BCUT2D eigenvalue weighted by molar-refractivity contribution is 9.10. The zero-order valence-electron chi connectivity index (χ0n) is 9.03. The first-order chi connectivity index (χ1) is 7.15. The third-order valence-electron chi connectivity index (χ3n) is 2.25. The van der Waals surface area contributed by atoms with Crippen LogP contribution in [0.3, 0.4) is 0 Å². The molecule has 2 nitrogen and oxygen atoms in total. The monoisotopic (exact) mass is 286 g/mol. The van der Waals surface area contributed by atoms with Crippen LogP contribution < -0.4 is 0 Å². The maximum atomic E-state index is 8.86. The summed E-state index contributed by atoms with van der Waals surface area (Å²) in [7, 11) is 2.06. The average molecular weight is 287 g/mol. The van der Waals surface area contributed by atoms with Gasteiger partial charge in [0.15, 0.2) is 0 Å². The molecule has 15 heavy (non-hydrogen) atoms. The smallest absolute Gasteiger partial charge is 0.0669 e. The molecule has 1 rings (SSSR count). The summed E-state index contributed by atoms with van der Waals surface area (Å²) in [6.45, 7) is 3.83. The Morgan fingerprint density at radius 1 is 1.67 bits per heavy atom. The molecule has 0 saturated carbocycles. The largest absolute Gasteiger partial charge is 0.300 e. The maximum Gasteiger partial charge on any atom is 0.0669 e. The van der Waals surface area contributed by atoms with Crippen LogP contribution in [0.2, 0.25) is 0 Å². The Morgan fingerprint density at radius 3 is 2.87 bits per heavy atom. The minimum absolute atomic E-state index is 0.151. The van der Waals surface area contributed by atoms with Crippen LogP contribution in [-0.4, -0.2) is 18.5 Å². The van der Waals surface area contributed by atoms with E-state index in [4.69, 9.17) is 5.26 Å². The molecule has 1 aromatic heterocycles. The van der Waals surface area contributed by atoms with E-state index in [0.717, 1.165) is 24.0 Å². The van der Waals surface area contributed by atoms with Gasteiger partial charge in [0.1, 0.15) is 0 Å². The molecule has 4 heteroatoms. The Labute approximate surface area is 104 Å². The first-order valence-electron chi connectivity index (χ1n) is 4.96. The van der Waals surface area contributed by atoms with Crippen molar-refractivity contribution in [1.82, 2.24) is 4.90 Å². The molecular formula is C11H15BrN2S. The predicted octanol–water partition coefficient (Wildman–Crippen LogP) is 3.49. The lowest BCUT2D eigenvalue weighted by molar-refractivity contribution is 0.294. The van der Waals surface area contributed by atoms with Crippen LogP contribution in [0.25, 0.3) is 0 Å². The van der Waals surface area contributed by atoms with E-state index < -0.39 is 0 Å². The van der Waals surface area contributed by atoms with E-state index in [-0.39, 0.29) is 5.92 Å². The fourth-order valence-electron chi connectivity index (χ4n) is 1.40. The fourth-order valence-corrected chi connectivity index (χ4v) is 2.93. The van der Waals surface area contributed by atoms with Crippen LogP contribution in [0.15, 0.2) is 15.9 Å². The van der Waals surface area contributed by atoms with Crippen molar-refractivity contribution >= 4 is 27.3 Å². The highest BCUT2D eigenvalue weighted by atomic mass is 79.9. The zero-order valence-corrected chi connectivity index (χ0v) is 11.4. The molecule has 0 aromatic carbocycles. The summed E-state index contributed by atoms with van der Waals surface area (Å²) in [5.41, 5.74) is 0. The fraction of sp³-hybridized carbons (Fsp3) is 0.545. The molecule has 82 valence electrons. The van der Waals surface area contributed by atoms with Crippen LogP contribution in [0.4, 0.5) is 0 Å². The van der Waals surface area contributed by atoms with Gasteiger partial charge in [-0.2, -0.15) is 5.26 Å². The minimum Gasteiger partial charge on any atom is -0.300 e. The summed E-state index contributed by atoms with van der Waals surface area (Å²) in [6.07, 6.45) is 0.926. The van der Waals surface area contributed by atoms with Crippen LogP contribution in [-0.2, 0) is 6.54 Å². The highest BCUT2D eigenvalue weighted by Gasteiger charge is 2.09. The Balaban J connectivity index is 2.42. The molecule has 0 spiro atoms. The number of thiophene rings is 1. The van der Waals surface area contributed by atoms with Gasteiger partial charge in [-0.05, 0) is 35.5 Å². The lowest BCUT2D eigenvalue weighted by Crippen LogP contribution is -2.23. The van der Waals surface area contributed by atoms with Crippen molar-refractivity contribution < 1.29 is 0 Å². The average Bonchev–Trinajstić information content (AvgIpc) is 2.60. The molecule has 1 aromatic rings. The second-order valence-corrected chi connectivity index (χ2v) is 5.57. The topological polar surface area (TPSA) is 27.0 Å². The lowest BCUT2D eigenvalue weighted by atomic mass is 10.1. The molecular weight excluding hydrogens is 272 g/mol. The van der Waals surface area contributed by atoms with Gasteiger partial charge in [-0.25, -0.2) is 0 Å². The number of halogens is 1. The first kappa shape index (κ1) is 12.7. The number of nitrogens with zero attached hydrogens (tertiary/aromatic N) is 2. The van der Waals surface area contributed by atoms with Crippen LogP contribution in [0.1, 0.15) is 18.2 Å². The van der Waals surface area contributed by atoms with Gasteiger partial charge in [0.25, 0.3) is 0 Å². The van der Waals surface area contributed by atoms with Crippen molar-refractivity contribution in [2.75, 3.05) is 13.6 Å². The van der Waals surface area contributed by atoms with E-state index in [1.165, 1.54) is 4.88 Å². The van der Waals surface area contributed by atoms with E-state index in [1.807, 2.05) is 0 Å². The van der Waals surface area contributed by atoms with Crippen LogP contribution in [0, 0.1) is 17.2 Å². The predicted molar refractivity (Wildman–Crippen MR) is 67.7 cm³/mol. The SMILES string of the molecule is CCC(C#N)CN(C)Cc1cc(Br)cs1. The summed E-state index contributed by atoms with van der Waals surface area (Å²) >= 11 is 5.19. The van der Waals surface area contributed by atoms with Crippen molar-refractivity contribution in [3.8, 4) is 6.07 Å². The van der Waals surface area contributed by atoms with E-state index in [1.54, 1.807) is 11.3 Å². The molecule has 0 amide bonds. The van der Waals surface area contributed by atoms with Crippen LogP contribution >= 0.6 is 27.3 Å². The minimum atomic E-state index is 0.151. The number of hydrogen-bond donors (Lipinski definition) is 0.